The van der Waals surface area contributed by atoms with Crippen molar-refractivity contribution in [3.05, 3.63) is 57.6 Å². The van der Waals surface area contributed by atoms with Gasteiger partial charge in [0.2, 0.25) is 11.7 Å². The van der Waals surface area contributed by atoms with Crippen LogP contribution >= 0.6 is 46.9 Å². The lowest BCUT2D eigenvalue weighted by molar-refractivity contribution is 0.378. The molecule has 0 radical (unpaired) electrons. The molecule has 2 heterocycles. The van der Waals surface area contributed by atoms with Gasteiger partial charge in [-0.05, 0) is 52.6 Å². The van der Waals surface area contributed by atoms with Crippen LogP contribution in [0, 0.1) is 0 Å². The van der Waals surface area contributed by atoms with E-state index in [-0.39, 0.29) is 24.0 Å². The zero-order chi connectivity index (χ0) is 19.1. The van der Waals surface area contributed by atoms with Crippen LogP contribution in [0.1, 0.15) is 24.3 Å². The third kappa shape index (κ3) is 6.46. The molecule has 0 saturated carbocycles. The third-order valence-corrected chi connectivity index (χ3v) is 5.07. The fourth-order valence-corrected chi connectivity index (χ4v) is 3.41. The summed E-state index contributed by atoms with van der Waals surface area (Å²) in [6.45, 7) is 3.66. The van der Waals surface area contributed by atoms with Crippen LogP contribution < -0.4 is 10.6 Å². The van der Waals surface area contributed by atoms with Crippen molar-refractivity contribution in [1.82, 2.24) is 20.8 Å². The minimum atomic E-state index is 0. The van der Waals surface area contributed by atoms with Crippen molar-refractivity contribution in [2.75, 3.05) is 20.1 Å². The number of halogens is 2. The number of hydrogen-bond acceptors (Lipinski definition) is 5. The van der Waals surface area contributed by atoms with Crippen LogP contribution in [0.3, 0.4) is 0 Å². The standard InChI is InChI=1S/C19H22ClN5OS.HI/c1-13(15-8-10-27-12-15)11-23-19(21-2)22-9-7-17-24-18(25-26-17)14-3-5-16(20)6-4-14;/h3-6,8,10,12-13H,7,9,11H2,1-2H3,(H2,21,22,23);1H. The molecule has 1 unspecified atom stereocenters. The molecule has 0 aliphatic carbocycles. The molecule has 0 amide bonds. The van der Waals surface area contributed by atoms with E-state index in [1.54, 1.807) is 30.5 Å². The lowest BCUT2D eigenvalue weighted by Crippen LogP contribution is -2.39. The predicted octanol–water partition coefficient (Wildman–Crippen LogP) is 4.58. The molecule has 1 aromatic carbocycles. The van der Waals surface area contributed by atoms with Crippen LogP contribution in [0.2, 0.25) is 5.02 Å². The highest BCUT2D eigenvalue weighted by Gasteiger charge is 2.10. The molecule has 0 aliphatic heterocycles. The molecule has 28 heavy (non-hydrogen) atoms. The molecular formula is C19H23ClIN5OS. The first kappa shape index (κ1) is 22.6. The first-order chi connectivity index (χ1) is 13.2. The van der Waals surface area contributed by atoms with Crippen molar-refractivity contribution in [2.24, 2.45) is 4.99 Å². The Morgan fingerprint density at radius 1 is 1.25 bits per heavy atom. The number of aliphatic imine (C=N–C) groups is 1. The number of guanidine groups is 1. The number of benzene rings is 1. The van der Waals surface area contributed by atoms with E-state index >= 15 is 0 Å². The van der Waals surface area contributed by atoms with Crippen LogP contribution in [0.4, 0.5) is 0 Å². The molecule has 150 valence electrons. The zero-order valence-corrected chi connectivity index (χ0v) is 19.6. The van der Waals surface area contributed by atoms with Gasteiger partial charge < -0.3 is 15.2 Å². The molecular weight excluding hydrogens is 509 g/mol. The summed E-state index contributed by atoms with van der Waals surface area (Å²) in [7, 11) is 1.76. The molecule has 0 saturated heterocycles. The SMILES string of the molecule is CN=C(NCCc1nc(-c2ccc(Cl)cc2)no1)NCC(C)c1ccsc1.I. The van der Waals surface area contributed by atoms with E-state index in [1.165, 1.54) is 5.56 Å². The van der Waals surface area contributed by atoms with Crippen LogP contribution in [0.25, 0.3) is 11.4 Å². The normalized spacial score (nSPS) is 12.3. The van der Waals surface area contributed by atoms with Crippen molar-refractivity contribution in [3.8, 4) is 11.4 Å². The maximum atomic E-state index is 5.90. The van der Waals surface area contributed by atoms with E-state index in [4.69, 9.17) is 16.1 Å². The Bertz CT molecular complexity index is 867. The van der Waals surface area contributed by atoms with Gasteiger partial charge in [-0.25, -0.2) is 0 Å². The molecule has 6 nitrogen and oxygen atoms in total. The molecule has 9 heteroatoms. The van der Waals surface area contributed by atoms with Gasteiger partial charge in [-0.2, -0.15) is 16.3 Å². The lowest BCUT2D eigenvalue weighted by Gasteiger charge is -2.15. The first-order valence-electron chi connectivity index (χ1n) is 8.71. The van der Waals surface area contributed by atoms with E-state index in [0.717, 1.165) is 18.1 Å². The fourth-order valence-electron chi connectivity index (χ4n) is 2.50. The largest absolute Gasteiger partial charge is 0.356 e. The van der Waals surface area contributed by atoms with E-state index < -0.39 is 0 Å². The molecule has 0 fully saturated rings. The number of nitrogens with one attached hydrogen (secondary N) is 2. The molecule has 3 rings (SSSR count). The Kier molecular flexibility index (Phi) is 9.20. The molecule has 2 N–H and O–H groups in total. The average molecular weight is 532 g/mol. The summed E-state index contributed by atoms with van der Waals surface area (Å²) in [6, 6.07) is 9.51. The van der Waals surface area contributed by atoms with Crippen LogP contribution in [-0.2, 0) is 6.42 Å². The van der Waals surface area contributed by atoms with Crippen LogP contribution in [0.5, 0.6) is 0 Å². The molecule has 2 aromatic heterocycles. The second-order valence-corrected chi connectivity index (χ2v) is 7.32. The summed E-state index contributed by atoms with van der Waals surface area (Å²) >= 11 is 7.62. The summed E-state index contributed by atoms with van der Waals surface area (Å²) in [6.07, 6.45) is 0.612. The molecule has 0 aliphatic rings. The maximum absolute atomic E-state index is 5.90. The minimum Gasteiger partial charge on any atom is -0.356 e. The van der Waals surface area contributed by atoms with Gasteiger partial charge in [-0.3, -0.25) is 4.99 Å². The van der Waals surface area contributed by atoms with Crippen molar-refractivity contribution in [2.45, 2.75) is 19.3 Å². The number of hydrogen-bond donors (Lipinski definition) is 2. The van der Waals surface area contributed by atoms with E-state index in [2.05, 4.69) is 49.5 Å². The van der Waals surface area contributed by atoms with Gasteiger partial charge >= 0.3 is 0 Å². The smallest absolute Gasteiger partial charge is 0.228 e. The summed E-state index contributed by atoms with van der Waals surface area (Å²) in [5.41, 5.74) is 2.21. The molecule has 3 aromatic rings. The third-order valence-electron chi connectivity index (χ3n) is 4.11. The van der Waals surface area contributed by atoms with Crippen LogP contribution in [0.15, 0.2) is 50.6 Å². The summed E-state index contributed by atoms with van der Waals surface area (Å²) in [5.74, 6) is 2.32. The van der Waals surface area contributed by atoms with E-state index in [0.29, 0.717) is 35.6 Å². The van der Waals surface area contributed by atoms with Gasteiger partial charge in [0.05, 0.1) is 0 Å². The predicted molar refractivity (Wildman–Crippen MR) is 126 cm³/mol. The second kappa shape index (κ2) is 11.4. The van der Waals surface area contributed by atoms with Gasteiger partial charge in [0, 0.05) is 37.1 Å². The van der Waals surface area contributed by atoms with E-state index in [1.807, 2.05) is 12.1 Å². The molecule has 1 atom stereocenters. The number of aromatic nitrogens is 2. The number of rotatable bonds is 7. The Hall–Kier alpha value is -1.65. The van der Waals surface area contributed by atoms with E-state index in [9.17, 15) is 0 Å². The first-order valence-corrected chi connectivity index (χ1v) is 10.0. The van der Waals surface area contributed by atoms with Crippen molar-refractivity contribution in [1.29, 1.82) is 0 Å². The van der Waals surface area contributed by atoms with Gasteiger partial charge in [0.25, 0.3) is 0 Å². The van der Waals surface area contributed by atoms with Crippen molar-refractivity contribution < 1.29 is 4.52 Å². The Morgan fingerprint density at radius 3 is 2.71 bits per heavy atom. The van der Waals surface area contributed by atoms with Crippen LogP contribution in [-0.4, -0.2) is 36.2 Å². The molecule has 0 bridgehead atoms. The van der Waals surface area contributed by atoms with Gasteiger partial charge in [-0.1, -0.05) is 23.7 Å². The quantitative estimate of drug-likeness (QED) is 0.265. The summed E-state index contributed by atoms with van der Waals surface area (Å²) in [4.78, 5) is 8.67. The van der Waals surface area contributed by atoms with Gasteiger partial charge in [0.15, 0.2) is 5.96 Å². The highest BCUT2D eigenvalue weighted by atomic mass is 127. The van der Waals surface area contributed by atoms with Gasteiger partial charge in [0.1, 0.15) is 0 Å². The molecule has 0 spiro atoms. The zero-order valence-electron chi connectivity index (χ0n) is 15.7. The highest BCUT2D eigenvalue weighted by molar-refractivity contribution is 14.0. The highest BCUT2D eigenvalue weighted by Crippen LogP contribution is 2.19. The Morgan fingerprint density at radius 2 is 2.04 bits per heavy atom. The summed E-state index contributed by atoms with van der Waals surface area (Å²) < 4.78 is 5.32. The fraction of sp³-hybridized carbons (Fsp3) is 0.316. The van der Waals surface area contributed by atoms with Crippen molar-refractivity contribution >= 4 is 52.9 Å². The lowest BCUT2D eigenvalue weighted by atomic mass is 10.1. The average Bonchev–Trinajstić information content (AvgIpc) is 3.37. The number of thiophene rings is 1. The Balaban J connectivity index is 0.00000280. The topological polar surface area (TPSA) is 75.3 Å². The minimum absolute atomic E-state index is 0. The van der Waals surface area contributed by atoms with Gasteiger partial charge in [-0.15, -0.1) is 24.0 Å². The second-order valence-electron chi connectivity index (χ2n) is 6.11. The monoisotopic (exact) mass is 531 g/mol. The Labute approximate surface area is 190 Å². The number of nitrogens with zero attached hydrogens (tertiary/aromatic N) is 3. The summed E-state index contributed by atoms with van der Waals surface area (Å²) in [5, 5.41) is 15.6. The maximum Gasteiger partial charge on any atom is 0.228 e. The van der Waals surface area contributed by atoms with Crippen molar-refractivity contribution in [3.63, 3.8) is 0 Å².